The van der Waals surface area contributed by atoms with Gasteiger partial charge in [0.2, 0.25) is 0 Å². The average molecular weight is 285 g/mol. The van der Waals surface area contributed by atoms with Crippen molar-refractivity contribution in [3.63, 3.8) is 0 Å². The van der Waals surface area contributed by atoms with Crippen LogP contribution < -0.4 is 9.47 Å². The SMILES string of the molecule is COc1cc(-c2nccc(Cl)n2)cc(Cl)c1OC. The van der Waals surface area contributed by atoms with E-state index in [0.29, 0.717) is 33.1 Å². The van der Waals surface area contributed by atoms with Crippen molar-refractivity contribution in [1.29, 1.82) is 0 Å². The van der Waals surface area contributed by atoms with Crippen molar-refractivity contribution in [3.05, 3.63) is 34.6 Å². The van der Waals surface area contributed by atoms with Gasteiger partial charge in [0.1, 0.15) is 5.15 Å². The molecule has 1 aromatic heterocycles. The van der Waals surface area contributed by atoms with Crippen LogP contribution in [0.4, 0.5) is 0 Å². The van der Waals surface area contributed by atoms with Crippen LogP contribution >= 0.6 is 23.2 Å². The fraction of sp³-hybridized carbons (Fsp3) is 0.167. The summed E-state index contributed by atoms with van der Waals surface area (Å²) in [6.45, 7) is 0. The first-order chi connectivity index (χ1) is 8.65. The van der Waals surface area contributed by atoms with Gasteiger partial charge in [-0.3, -0.25) is 0 Å². The van der Waals surface area contributed by atoms with Gasteiger partial charge in [-0.25, -0.2) is 9.97 Å². The zero-order valence-corrected chi connectivity index (χ0v) is 11.3. The van der Waals surface area contributed by atoms with Gasteiger partial charge in [0.25, 0.3) is 0 Å². The van der Waals surface area contributed by atoms with Gasteiger partial charge in [-0.05, 0) is 18.2 Å². The molecular formula is C12H10Cl2N2O2. The third-order valence-electron chi connectivity index (χ3n) is 2.31. The van der Waals surface area contributed by atoms with Crippen molar-refractivity contribution < 1.29 is 9.47 Å². The molecule has 1 aromatic carbocycles. The van der Waals surface area contributed by atoms with E-state index in [0.717, 1.165) is 0 Å². The number of nitrogens with zero attached hydrogens (tertiary/aromatic N) is 2. The van der Waals surface area contributed by atoms with E-state index < -0.39 is 0 Å². The molecule has 0 N–H and O–H groups in total. The van der Waals surface area contributed by atoms with E-state index in [1.165, 1.54) is 14.2 Å². The standard InChI is InChI=1S/C12H10Cl2N2O2/c1-17-9-6-7(5-8(13)11(9)18-2)12-15-4-3-10(14)16-12/h3-6H,1-2H3. The predicted octanol–water partition coefficient (Wildman–Crippen LogP) is 3.47. The van der Waals surface area contributed by atoms with Crippen molar-refractivity contribution in [1.82, 2.24) is 9.97 Å². The normalized spacial score (nSPS) is 10.2. The van der Waals surface area contributed by atoms with Crippen molar-refractivity contribution in [3.8, 4) is 22.9 Å². The van der Waals surface area contributed by atoms with Crippen LogP contribution in [0.5, 0.6) is 11.5 Å². The quantitative estimate of drug-likeness (QED) is 0.810. The van der Waals surface area contributed by atoms with Gasteiger partial charge >= 0.3 is 0 Å². The molecule has 0 aliphatic heterocycles. The molecule has 0 radical (unpaired) electrons. The Morgan fingerprint density at radius 1 is 1.11 bits per heavy atom. The smallest absolute Gasteiger partial charge is 0.179 e. The lowest BCUT2D eigenvalue weighted by Gasteiger charge is -2.11. The van der Waals surface area contributed by atoms with Crippen molar-refractivity contribution in [2.45, 2.75) is 0 Å². The molecule has 0 unspecified atom stereocenters. The third-order valence-corrected chi connectivity index (χ3v) is 2.80. The Bertz CT molecular complexity index is 576. The van der Waals surface area contributed by atoms with Crippen LogP contribution in [-0.4, -0.2) is 24.2 Å². The second-order valence-corrected chi connectivity index (χ2v) is 4.19. The Morgan fingerprint density at radius 3 is 2.50 bits per heavy atom. The van der Waals surface area contributed by atoms with Gasteiger partial charge in [-0.2, -0.15) is 0 Å². The lowest BCUT2D eigenvalue weighted by Crippen LogP contribution is -1.94. The molecule has 0 saturated carbocycles. The number of methoxy groups -OCH3 is 2. The fourth-order valence-corrected chi connectivity index (χ4v) is 1.95. The summed E-state index contributed by atoms with van der Waals surface area (Å²) in [5, 5.41) is 0.793. The van der Waals surface area contributed by atoms with E-state index >= 15 is 0 Å². The van der Waals surface area contributed by atoms with Crippen molar-refractivity contribution in [2.24, 2.45) is 0 Å². The summed E-state index contributed by atoms with van der Waals surface area (Å²) in [4.78, 5) is 8.25. The highest BCUT2D eigenvalue weighted by molar-refractivity contribution is 6.32. The second kappa shape index (κ2) is 5.42. The molecule has 0 aliphatic carbocycles. The molecule has 94 valence electrons. The predicted molar refractivity (Wildman–Crippen MR) is 70.6 cm³/mol. The largest absolute Gasteiger partial charge is 0.493 e. The molecule has 4 nitrogen and oxygen atoms in total. The molecule has 2 aromatic rings. The van der Waals surface area contributed by atoms with Gasteiger partial charge in [0, 0.05) is 11.8 Å². The summed E-state index contributed by atoms with van der Waals surface area (Å²) < 4.78 is 10.4. The van der Waals surface area contributed by atoms with Crippen LogP contribution in [0, 0.1) is 0 Å². The molecular weight excluding hydrogens is 275 g/mol. The number of hydrogen-bond donors (Lipinski definition) is 0. The minimum atomic E-state index is 0.367. The maximum absolute atomic E-state index is 6.11. The maximum atomic E-state index is 6.11. The molecule has 0 spiro atoms. The first kappa shape index (κ1) is 12.9. The lowest BCUT2D eigenvalue weighted by molar-refractivity contribution is 0.355. The highest BCUT2D eigenvalue weighted by Gasteiger charge is 2.13. The number of hydrogen-bond acceptors (Lipinski definition) is 4. The Kier molecular flexibility index (Phi) is 3.89. The summed E-state index contributed by atoms with van der Waals surface area (Å²) >= 11 is 11.9. The van der Waals surface area contributed by atoms with Gasteiger partial charge in [-0.15, -0.1) is 0 Å². The molecule has 0 bridgehead atoms. The lowest BCUT2D eigenvalue weighted by atomic mass is 10.2. The Hall–Kier alpha value is -1.52. The summed E-state index contributed by atoms with van der Waals surface area (Å²) in [6, 6.07) is 5.05. The molecule has 0 aliphatic rings. The van der Waals surface area contributed by atoms with Crippen LogP contribution in [0.1, 0.15) is 0 Å². The maximum Gasteiger partial charge on any atom is 0.179 e. The summed E-state index contributed by atoms with van der Waals surface area (Å²) in [5.74, 6) is 1.47. The minimum absolute atomic E-state index is 0.367. The van der Waals surface area contributed by atoms with E-state index in [1.807, 2.05) is 0 Å². The summed E-state index contributed by atoms with van der Waals surface area (Å²) in [6.07, 6.45) is 1.58. The number of rotatable bonds is 3. The van der Waals surface area contributed by atoms with E-state index in [2.05, 4.69) is 9.97 Å². The monoisotopic (exact) mass is 284 g/mol. The van der Waals surface area contributed by atoms with E-state index in [4.69, 9.17) is 32.7 Å². The topological polar surface area (TPSA) is 44.2 Å². The molecule has 0 fully saturated rings. The Balaban J connectivity index is 2.56. The molecule has 2 rings (SSSR count). The average Bonchev–Trinajstić information content (AvgIpc) is 2.37. The van der Waals surface area contributed by atoms with E-state index in [1.54, 1.807) is 24.4 Å². The minimum Gasteiger partial charge on any atom is -0.493 e. The molecule has 1 heterocycles. The molecule has 18 heavy (non-hydrogen) atoms. The van der Waals surface area contributed by atoms with Crippen LogP contribution in [0.3, 0.4) is 0 Å². The van der Waals surface area contributed by atoms with Gasteiger partial charge in [-0.1, -0.05) is 23.2 Å². The third kappa shape index (κ3) is 2.49. The zero-order chi connectivity index (χ0) is 13.1. The number of ether oxygens (including phenoxy) is 2. The molecule has 0 atom stereocenters. The van der Waals surface area contributed by atoms with Gasteiger partial charge < -0.3 is 9.47 Å². The van der Waals surface area contributed by atoms with Crippen LogP contribution in [-0.2, 0) is 0 Å². The Morgan fingerprint density at radius 2 is 1.89 bits per heavy atom. The van der Waals surface area contributed by atoms with Crippen LogP contribution in [0.2, 0.25) is 10.2 Å². The highest BCUT2D eigenvalue weighted by Crippen LogP contribution is 2.38. The summed E-state index contributed by atoms with van der Waals surface area (Å²) in [7, 11) is 3.07. The first-order valence-corrected chi connectivity index (χ1v) is 5.81. The second-order valence-electron chi connectivity index (χ2n) is 3.40. The Labute approximate surface area is 114 Å². The summed E-state index contributed by atoms with van der Waals surface area (Å²) in [5.41, 5.74) is 0.708. The number of halogens is 2. The van der Waals surface area contributed by atoms with Gasteiger partial charge in [0.05, 0.1) is 19.2 Å². The fourth-order valence-electron chi connectivity index (χ4n) is 1.52. The highest BCUT2D eigenvalue weighted by atomic mass is 35.5. The molecule has 0 amide bonds. The number of benzene rings is 1. The zero-order valence-electron chi connectivity index (χ0n) is 9.78. The van der Waals surface area contributed by atoms with Crippen molar-refractivity contribution in [2.75, 3.05) is 14.2 Å². The van der Waals surface area contributed by atoms with Crippen LogP contribution in [0.25, 0.3) is 11.4 Å². The molecule has 6 heteroatoms. The van der Waals surface area contributed by atoms with E-state index in [-0.39, 0.29) is 0 Å². The first-order valence-electron chi connectivity index (χ1n) is 5.06. The van der Waals surface area contributed by atoms with Gasteiger partial charge in [0.15, 0.2) is 17.3 Å². The van der Waals surface area contributed by atoms with E-state index in [9.17, 15) is 0 Å². The van der Waals surface area contributed by atoms with Crippen LogP contribution in [0.15, 0.2) is 24.4 Å². The number of aromatic nitrogens is 2. The van der Waals surface area contributed by atoms with Crippen molar-refractivity contribution >= 4 is 23.2 Å². The molecule has 0 saturated heterocycles.